The summed E-state index contributed by atoms with van der Waals surface area (Å²) in [7, 11) is 0. The van der Waals surface area contributed by atoms with Gasteiger partial charge in [0.25, 0.3) is 5.56 Å². The molecule has 0 unspecified atom stereocenters. The third-order valence-electron chi connectivity index (χ3n) is 5.67. The van der Waals surface area contributed by atoms with Crippen LogP contribution in [-0.4, -0.2) is 33.8 Å². The van der Waals surface area contributed by atoms with Crippen molar-refractivity contribution in [3.63, 3.8) is 0 Å². The number of rotatable bonds is 10. The van der Waals surface area contributed by atoms with Gasteiger partial charge in [-0.25, -0.2) is 4.98 Å². The summed E-state index contributed by atoms with van der Waals surface area (Å²) in [5.74, 6) is 1.40. The first kappa shape index (κ1) is 24.1. The fraction of sp³-hybridized carbons (Fsp3) is 0.231. The molecule has 1 aliphatic heterocycles. The maximum absolute atomic E-state index is 13.1. The van der Waals surface area contributed by atoms with Crippen LogP contribution in [0.4, 0.5) is 0 Å². The predicted molar refractivity (Wildman–Crippen MR) is 139 cm³/mol. The van der Waals surface area contributed by atoms with Crippen molar-refractivity contribution in [2.45, 2.75) is 31.1 Å². The Kier molecular flexibility index (Phi) is 7.33. The average molecular weight is 522 g/mol. The highest BCUT2D eigenvalue weighted by Crippen LogP contribution is 2.32. The van der Waals surface area contributed by atoms with Crippen LogP contribution in [0.1, 0.15) is 28.8 Å². The molecule has 0 bridgehead atoms. The number of fused-ring (bicyclic) bond motifs is 2. The predicted octanol–water partition coefficient (Wildman–Crippen LogP) is 4.26. The van der Waals surface area contributed by atoms with Gasteiger partial charge >= 0.3 is 0 Å². The normalized spacial score (nSPS) is 12.1. The molecule has 8 nitrogen and oxygen atoms in total. The number of hydrogen-bond acceptors (Lipinski definition) is 8. The lowest BCUT2D eigenvalue weighted by Gasteiger charge is -2.12. The summed E-state index contributed by atoms with van der Waals surface area (Å²) >= 11 is 2.58. The third kappa shape index (κ3) is 5.44. The number of hydrogen-bond donors (Lipinski definition) is 1. The molecule has 0 atom stereocenters. The number of benzene rings is 2. The Morgan fingerprint density at radius 3 is 2.78 bits per heavy atom. The number of thiophene rings is 1. The fourth-order valence-corrected chi connectivity index (χ4v) is 5.50. The van der Waals surface area contributed by atoms with E-state index >= 15 is 0 Å². The van der Waals surface area contributed by atoms with Crippen LogP contribution >= 0.6 is 23.1 Å². The molecule has 184 valence electrons. The minimum absolute atomic E-state index is 0.0327. The van der Waals surface area contributed by atoms with E-state index in [-0.39, 0.29) is 36.2 Å². The van der Waals surface area contributed by atoms with Crippen LogP contribution in [0.3, 0.4) is 0 Å². The van der Waals surface area contributed by atoms with Crippen LogP contribution in [0.2, 0.25) is 0 Å². The first-order chi connectivity index (χ1) is 17.6. The maximum atomic E-state index is 13.1. The minimum atomic E-state index is -0.148. The summed E-state index contributed by atoms with van der Waals surface area (Å²) in [6, 6.07) is 16.4. The second kappa shape index (κ2) is 11.0. The quantitative estimate of drug-likeness (QED) is 0.189. The molecule has 10 heteroatoms. The Hall–Kier alpha value is -3.63. The Morgan fingerprint density at radius 1 is 1.08 bits per heavy atom. The fourth-order valence-electron chi connectivity index (χ4n) is 3.81. The van der Waals surface area contributed by atoms with Crippen LogP contribution in [0.15, 0.2) is 69.9 Å². The van der Waals surface area contributed by atoms with Gasteiger partial charge < -0.3 is 14.8 Å². The van der Waals surface area contributed by atoms with Gasteiger partial charge in [0.1, 0.15) is 4.70 Å². The highest BCUT2D eigenvalue weighted by atomic mass is 32.2. The van der Waals surface area contributed by atoms with Crippen LogP contribution < -0.4 is 20.3 Å². The number of amides is 1. The summed E-state index contributed by atoms with van der Waals surface area (Å²) in [5, 5.41) is 5.22. The molecule has 0 spiro atoms. The van der Waals surface area contributed by atoms with Crippen molar-refractivity contribution in [2.24, 2.45) is 0 Å². The molecule has 1 aliphatic rings. The molecule has 0 radical (unpaired) electrons. The molecular formula is C26H23N3O5S2. The lowest BCUT2D eigenvalue weighted by Crippen LogP contribution is -2.26. The van der Waals surface area contributed by atoms with Gasteiger partial charge in [-0.1, -0.05) is 48.2 Å². The summed E-state index contributed by atoms with van der Waals surface area (Å²) in [4.78, 5) is 42.8. The monoisotopic (exact) mass is 521 g/mol. The van der Waals surface area contributed by atoms with Gasteiger partial charge in [0.2, 0.25) is 12.7 Å². The van der Waals surface area contributed by atoms with E-state index in [2.05, 4.69) is 10.3 Å². The highest BCUT2D eigenvalue weighted by molar-refractivity contribution is 7.99. The van der Waals surface area contributed by atoms with E-state index in [0.29, 0.717) is 51.9 Å². The van der Waals surface area contributed by atoms with Crippen molar-refractivity contribution < 1.29 is 19.1 Å². The SMILES string of the molecule is O=C(CCCn1c(SCC(=O)c2ccccc2)nc2ccsc2c1=O)NCc1ccc2c(c1)OCO2. The topological polar surface area (TPSA) is 99.5 Å². The second-order valence-electron chi connectivity index (χ2n) is 8.13. The number of carbonyl (C=O) groups excluding carboxylic acids is 2. The van der Waals surface area contributed by atoms with Gasteiger partial charge in [-0.3, -0.25) is 19.0 Å². The largest absolute Gasteiger partial charge is 0.454 e. The van der Waals surface area contributed by atoms with Crippen LogP contribution in [0, 0.1) is 0 Å². The number of ether oxygens (including phenoxy) is 2. The number of ketones is 1. The Bertz CT molecular complexity index is 1470. The number of Topliss-reactive ketones (excluding diaryl/α,β-unsaturated/α-hetero) is 1. The molecule has 5 rings (SSSR count). The van der Waals surface area contributed by atoms with E-state index in [1.54, 1.807) is 22.8 Å². The molecule has 2 aromatic carbocycles. The van der Waals surface area contributed by atoms with E-state index < -0.39 is 0 Å². The van der Waals surface area contributed by atoms with E-state index in [1.807, 2.05) is 41.8 Å². The minimum Gasteiger partial charge on any atom is -0.454 e. The smallest absolute Gasteiger partial charge is 0.272 e. The van der Waals surface area contributed by atoms with Crippen molar-refractivity contribution in [1.29, 1.82) is 0 Å². The summed E-state index contributed by atoms with van der Waals surface area (Å²) in [6.07, 6.45) is 0.720. The van der Waals surface area contributed by atoms with Crippen molar-refractivity contribution in [2.75, 3.05) is 12.5 Å². The molecule has 1 N–H and O–H groups in total. The molecule has 0 saturated carbocycles. The number of carbonyl (C=O) groups is 2. The summed E-state index contributed by atoms with van der Waals surface area (Å²) < 4.78 is 12.8. The second-order valence-corrected chi connectivity index (χ2v) is 9.99. The molecular weight excluding hydrogens is 498 g/mol. The molecule has 2 aromatic heterocycles. The number of aromatic nitrogens is 2. The molecule has 3 heterocycles. The van der Waals surface area contributed by atoms with E-state index in [1.165, 1.54) is 23.1 Å². The Balaban J connectivity index is 1.21. The maximum Gasteiger partial charge on any atom is 0.272 e. The van der Waals surface area contributed by atoms with Crippen molar-refractivity contribution in [1.82, 2.24) is 14.9 Å². The Labute approximate surface area is 215 Å². The summed E-state index contributed by atoms with van der Waals surface area (Å²) in [5.41, 5.74) is 2.01. The van der Waals surface area contributed by atoms with Gasteiger partial charge in [0.15, 0.2) is 22.4 Å². The molecule has 4 aromatic rings. The molecule has 36 heavy (non-hydrogen) atoms. The van der Waals surface area contributed by atoms with Gasteiger partial charge in [0, 0.05) is 25.1 Å². The average Bonchev–Trinajstić information content (AvgIpc) is 3.57. The number of thioether (sulfide) groups is 1. The standard InChI is InChI=1S/C26H23N3O5S2/c30-20(18-5-2-1-3-6-18)15-36-26-28-19-10-12-35-24(19)25(32)29(26)11-4-7-23(31)27-14-17-8-9-21-22(13-17)34-16-33-21/h1-3,5-6,8-10,12-13H,4,7,11,14-16H2,(H,27,31). The lowest BCUT2D eigenvalue weighted by molar-refractivity contribution is -0.121. The zero-order valence-electron chi connectivity index (χ0n) is 19.3. The summed E-state index contributed by atoms with van der Waals surface area (Å²) in [6.45, 7) is 0.914. The molecule has 0 aliphatic carbocycles. The van der Waals surface area contributed by atoms with E-state index in [0.717, 1.165) is 5.56 Å². The number of nitrogens with zero attached hydrogens (tertiary/aromatic N) is 2. The molecule has 0 fully saturated rings. The van der Waals surface area contributed by atoms with Crippen molar-refractivity contribution in [3.8, 4) is 11.5 Å². The van der Waals surface area contributed by atoms with Gasteiger partial charge in [-0.15, -0.1) is 11.3 Å². The van der Waals surface area contributed by atoms with Gasteiger partial charge in [-0.05, 0) is 35.6 Å². The Morgan fingerprint density at radius 2 is 1.92 bits per heavy atom. The van der Waals surface area contributed by atoms with Gasteiger partial charge in [0.05, 0.1) is 11.3 Å². The number of nitrogens with one attached hydrogen (secondary N) is 1. The van der Waals surface area contributed by atoms with Crippen LogP contribution in [0.25, 0.3) is 10.2 Å². The zero-order chi connectivity index (χ0) is 24.9. The van der Waals surface area contributed by atoms with Crippen LogP contribution in [0.5, 0.6) is 11.5 Å². The molecule has 0 saturated heterocycles. The van der Waals surface area contributed by atoms with Crippen LogP contribution in [-0.2, 0) is 17.9 Å². The van der Waals surface area contributed by atoms with Crippen molar-refractivity contribution in [3.05, 3.63) is 81.5 Å². The first-order valence-electron chi connectivity index (χ1n) is 11.4. The van der Waals surface area contributed by atoms with Crippen molar-refractivity contribution >= 4 is 45.0 Å². The van der Waals surface area contributed by atoms with E-state index in [4.69, 9.17) is 9.47 Å². The zero-order valence-corrected chi connectivity index (χ0v) is 20.9. The van der Waals surface area contributed by atoms with E-state index in [9.17, 15) is 14.4 Å². The third-order valence-corrected chi connectivity index (χ3v) is 7.54. The lowest BCUT2D eigenvalue weighted by atomic mass is 10.2. The van der Waals surface area contributed by atoms with Gasteiger partial charge in [-0.2, -0.15) is 0 Å². The first-order valence-corrected chi connectivity index (χ1v) is 13.3. The molecule has 1 amide bonds. The highest BCUT2D eigenvalue weighted by Gasteiger charge is 2.16.